The first-order valence-corrected chi connectivity index (χ1v) is 13.5. The molecule has 0 heterocycles. The monoisotopic (exact) mass is 502 g/mol. The lowest BCUT2D eigenvalue weighted by atomic mass is 10.1. The minimum atomic E-state index is -3.84. The molecule has 0 saturated heterocycles. The van der Waals surface area contributed by atoms with E-state index < -0.39 is 10.0 Å². The number of benzene rings is 3. The lowest BCUT2D eigenvalue weighted by Crippen LogP contribution is -2.26. The number of hydrogen-bond acceptors (Lipinski definition) is 4. The fourth-order valence-corrected chi connectivity index (χ4v) is 5.87. The molecule has 33 heavy (non-hydrogen) atoms. The number of thioether (sulfide) groups is 1. The van der Waals surface area contributed by atoms with Gasteiger partial charge in [-0.05, 0) is 73.4 Å². The Morgan fingerprint density at radius 2 is 1.67 bits per heavy atom. The standard InChI is InChI=1S/C25H27ClN2O3S2/c1-17-12-18(2)14-22(13-17)28-33(30,31)24-15-20(9-8-19(24)3)25(29)27-10-11-32-16-21-6-4-5-7-23(21)26/h4-9,12-15,28H,10-11,16H2,1-3H3,(H,27,29). The highest BCUT2D eigenvalue weighted by Gasteiger charge is 2.19. The third kappa shape index (κ3) is 7.00. The maximum Gasteiger partial charge on any atom is 0.262 e. The molecule has 0 bridgehead atoms. The van der Waals surface area contributed by atoms with Crippen molar-refractivity contribution in [2.24, 2.45) is 0 Å². The Kier molecular flexibility index (Phi) is 8.46. The first-order valence-electron chi connectivity index (χ1n) is 10.5. The van der Waals surface area contributed by atoms with Crippen LogP contribution < -0.4 is 10.0 Å². The van der Waals surface area contributed by atoms with Gasteiger partial charge in [0.1, 0.15) is 0 Å². The summed E-state index contributed by atoms with van der Waals surface area (Å²) in [6.07, 6.45) is 0. The molecule has 0 aromatic heterocycles. The van der Waals surface area contributed by atoms with Gasteiger partial charge in [-0.25, -0.2) is 8.42 Å². The third-order valence-corrected chi connectivity index (χ3v) is 7.86. The summed E-state index contributed by atoms with van der Waals surface area (Å²) in [5.74, 6) is 1.16. The van der Waals surface area contributed by atoms with Gasteiger partial charge < -0.3 is 5.32 Å². The van der Waals surface area contributed by atoms with Gasteiger partial charge in [0.2, 0.25) is 0 Å². The summed E-state index contributed by atoms with van der Waals surface area (Å²) in [6.45, 7) is 6.00. The Morgan fingerprint density at radius 3 is 2.36 bits per heavy atom. The van der Waals surface area contributed by atoms with E-state index in [0.717, 1.165) is 27.5 Å². The van der Waals surface area contributed by atoms with Crippen molar-refractivity contribution >= 4 is 45.0 Å². The Labute approximate surface area is 205 Å². The molecule has 5 nitrogen and oxygen atoms in total. The van der Waals surface area contributed by atoms with Gasteiger partial charge >= 0.3 is 0 Å². The van der Waals surface area contributed by atoms with Crippen LogP contribution in [-0.2, 0) is 15.8 Å². The molecule has 0 atom stereocenters. The van der Waals surface area contributed by atoms with E-state index in [9.17, 15) is 13.2 Å². The lowest BCUT2D eigenvalue weighted by Gasteiger charge is -2.13. The number of sulfonamides is 1. The molecule has 0 spiro atoms. The molecule has 0 aliphatic heterocycles. The van der Waals surface area contributed by atoms with Crippen LogP contribution in [0, 0.1) is 20.8 Å². The molecule has 0 aliphatic rings. The van der Waals surface area contributed by atoms with Crippen molar-refractivity contribution in [1.29, 1.82) is 0 Å². The van der Waals surface area contributed by atoms with Crippen molar-refractivity contribution in [1.82, 2.24) is 5.32 Å². The first kappa shape index (κ1) is 25.1. The molecule has 1 amide bonds. The zero-order chi connectivity index (χ0) is 24.0. The van der Waals surface area contributed by atoms with Crippen molar-refractivity contribution in [2.75, 3.05) is 17.0 Å². The topological polar surface area (TPSA) is 75.3 Å². The van der Waals surface area contributed by atoms with Crippen LogP contribution >= 0.6 is 23.4 Å². The van der Waals surface area contributed by atoms with Crippen molar-refractivity contribution in [3.05, 3.63) is 93.5 Å². The van der Waals surface area contributed by atoms with E-state index in [1.807, 2.05) is 44.2 Å². The number of carbonyl (C=O) groups is 1. The summed E-state index contributed by atoms with van der Waals surface area (Å²) in [5, 5.41) is 3.59. The smallest absolute Gasteiger partial charge is 0.262 e. The fourth-order valence-electron chi connectivity index (χ4n) is 3.41. The van der Waals surface area contributed by atoms with E-state index in [-0.39, 0.29) is 10.8 Å². The molecule has 3 aromatic carbocycles. The van der Waals surface area contributed by atoms with E-state index in [2.05, 4.69) is 10.0 Å². The lowest BCUT2D eigenvalue weighted by molar-refractivity contribution is 0.0956. The highest BCUT2D eigenvalue weighted by Crippen LogP contribution is 2.23. The van der Waals surface area contributed by atoms with Gasteiger partial charge in [-0.2, -0.15) is 11.8 Å². The van der Waals surface area contributed by atoms with Crippen LogP contribution in [0.3, 0.4) is 0 Å². The largest absolute Gasteiger partial charge is 0.351 e. The predicted octanol–water partition coefficient (Wildman–Crippen LogP) is 5.73. The van der Waals surface area contributed by atoms with E-state index in [1.54, 1.807) is 43.0 Å². The van der Waals surface area contributed by atoms with Gasteiger partial charge in [0.25, 0.3) is 15.9 Å². The van der Waals surface area contributed by atoms with E-state index in [4.69, 9.17) is 11.6 Å². The van der Waals surface area contributed by atoms with Crippen molar-refractivity contribution in [3.8, 4) is 0 Å². The minimum Gasteiger partial charge on any atom is -0.351 e. The second kappa shape index (κ2) is 11.1. The molecule has 8 heteroatoms. The van der Waals surface area contributed by atoms with Crippen molar-refractivity contribution < 1.29 is 13.2 Å². The number of halogens is 1. The van der Waals surface area contributed by atoms with Crippen LogP contribution in [0.5, 0.6) is 0 Å². The van der Waals surface area contributed by atoms with E-state index >= 15 is 0 Å². The maximum atomic E-state index is 13.0. The highest BCUT2D eigenvalue weighted by atomic mass is 35.5. The molecule has 0 saturated carbocycles. The normalized spacial score (nSPS) is 11.3. The zero-order valence-corrected chi connectivity index (χ0v) is 21.2. The van der Waals surface area contributed by atoms with Gasteiger partial charge in [0.05, 0.1) is 4.90 Å². The van der Waals surface area contributed by atoms with Gasteiger partial charge in [-0.15, -0.1) is 0 Å². The van der Waals surface area contributed by atoms with Gasteiger partial charge in [0, 0.05) is 34.3 Å². The van der Waals surface area contributed by atoms with Gasteiger partial charge in [-0.1, -0.05) is 41.9 Å². The molecule has 2 N–H and O–H groups in total. The number of nitrogens with one attached hydrogen (secondary N) is 2. The summed E-state index contributed by atoms with van der Waals surface area (Å²) in [5.41, 5.74) is 4.35. The third-order valence-electron chi connectivity index (χ3n) is 4.96. The van der Waals surface area contributed by atoms with Crippen LogP contribution in [0.25, 0.3) is 0 Å². The van der Waals surface area contributed by atoms with Crippen molar-refractivity contribution in [3.63, 3.8) is 0 Å². The molecule has 0 aliphatic carbocycles. The molecule has 0 unspecified atom stereocenters. The second-order valence-corrected chi connectivity index (χ2v) is 11.0. The molecule has 3 rings (SSSR count). The summed E-state index contributed by atoms with van der Waals surface area (Å²) >= 11 is 7.83. The summed E-state index contributed by atoms with van der Waals surface area (Å²) < 4.78 is 28.7. The second-order valence-electron chi connectivity index (χ2n) is 7.86. The molecule has 174 valence electrons. The van der Waals surface area contributed by atoms with Crippen molar-refractivity contribution in [2.45, 2.75) is 31.4 Å². The molecule has 0 radical (unpaired) electrons. The number of anilines is 1. The summed E-state index contributed by atoms with van der Waals surface area (Å²) in [4.78, 5) is 12.7. The molecule has 3 aromatic rings. The van der Waals surface area contributed by atoms with Crippen LogP contribution in [0.1, 0.15) is 32.6 Å². The number of hydrogen-bond donors (Lipinski definition) is 2. The van der Waals surface area contributed by atoms with Crippen LogP contribution in [0.4, 0.5) is 5.69 Å². The van der Waals surface area contributed by atoms with Crippen LogP contribution in [-0.4, -0.2) is 26.6 Å². The number of amides is 1. The Hall–Kier alpha value is -2.48. The molecular formula is C25H27ClN2O3S2. The number of rotatable bonds is 9. The predicted molar refractivity (Wildman–Crippen MR) is 138 cm³/mol. The van der Waals surface area contributed by atoms with Crippen LogP contribution in [0.15, 0.2) is 65.6 Å². The number of aryl methyl sites for hydroxylation is 3. The Bertz CT molecular complexity index is 1240. The van der Waals surface area contributed by atoms with Crippen LogP contribution in [0.2, 0.25) is 5.02 Å². The van der Waals surface area contributed by atoms with E-state index in [1.165, 1.54) is 6.07 Å². The zero-order valence-electron chi connectivity index (χ0n) is 18.8. The Morgan fingerprint density at radius 1 is 0.970 bits per heavy atom. The fraction of sp³-hybridized carbons (Fsp3) is 0.240. The Balaban J connectivity index is 1.62. The molecular weight excluding hydrogens is 476 g/mol. The highest BCUT2D eigenvalue weighted by molar-refractivity contribution is 7.98. The molecule has 0 fully saturated rings. The van der Waals surface area contributed by atoms with Gasteiger partial charge in [0.15, 0.2) is 0 Å². The number of carbonyl (C=O) groups excluding carboxylic acids is 1. The first-order chi connectivity index (χ1) is 15.7. The summed E-state index contributed by atoms with van der Waals surface area (Å²) in [7, 11) is -3.84. The SMILES string of the molecule is Cc1cc(C)cc(NS(=O)(=O)c2cc(C(=O)NCCSCc3ccccc3Cl)ccc2C)c1. The maximum absolute atomic E-state index is 13.0. The average Bonchev–Trinajstić information content (AvgIpc) is 2.73. The minimum absolute atomic E-state index is 0.0856. The van der Waals surface area contributed by atoms with Gasteiger partial charge in [-0.3, -0.25) is 9.52 Å². The quantitative estimate of drug-likeness (QED) is 0.366. The summed E-state index contributed by atoms with van der Waals surface area (Å²) in [6, 6.07) is 17.9. The van der Waals surface area contributed by atoms with E-state index in [0.29, 0.717) is 29.1 Å². The average molecular weight is 503 g/mol.